The maximum atomic E-state index is 13.7. The Kier molecular flexibility index (Phi) is 6.32. The zero-order valence-electron chi connectivity index (χ0n) is 19.0. The molecule has 2 aromatic rings. The maximum absolute atomic E-state index is 13.7. The molecule has 0 unspecified atom stereocenters. The molecule has 2 aromatic carbocycles. The van der Waals surface area contributed by atoms with Gasteiger partial charge in [-0.15, -0.1) is 0 Å². The number of benzene rings is 2. The topological polar surface area (TPSA) is 118 Å². The molecule has 36 heavy (non-hydrogen) atoms. The first-order chi connectivity index (χ1) is 17.1. The van der Waals surface area contributed by atoms with E-state index in [-0.39, 0.29) is 27.1 Å². The first kappa shape index (κ1) is 24.8. The van der Waals surface area contributed by atoms with Crippen LogP contribution < -0.4 is 0 Å². The van der Waals surface area contributed by atoms with Gasteiger partial charge in [-0.05, 0) is 31.2 Å². The van der Waals surface area contributed by atoms with Crippen molar-refractivity contribution in [2.75, 3.05) is 6.54 Å². The molecule has 1 heterocycles. The second-order valence-corrected chi connectivity index (χ2v) is 11.5. The molecular weight excluding hydrogens is 598 g/mol. The Morgan fingerprint density at radius 2 is 1.56 bits per heavy atom. The number of aryl methyl sites for hydroxylation is 1. The van der Waals surface area contributed by atoms with Gasteiger partial charge in [0.25, 0.3) is 23.4 Å². The number of amides is 3. The normalized spacial score (nSPS) is 28.4. The van der Waals surface area contributed by atoms with Crippen molar-refractivity contribution in [3.05, 3.63) is 75.3 Å². The van der Waals surface area contributed by atoms with Crippen LogP contribution in [-0.4, -0.2) is 54.6 Å². The van der Waals surface area contributed by atoms with E-state index in [4.69, 9.17) is 0 Å². The number of fused-ring (bicyclic) bond motifs is 5. The summed E-state index contributed by atoms with van der Waals surface area (Å²) in [5.74, 6) is -3.98. The smallest absolute Gasteiger partial charge is 0.282 e. The molecular formula is C25H21Br2N3O6. The number of hydrazine groups is 1. The van der Waals surface area contributed by atoms with Crippen LogP contribution >= 0.6 is 31.9 Å². The van der Waals surface area contributed by atoms with E-state index >= 15 is 0 Å². The zero-order valence-corrected chi connectivity index (χ0v) is 22.2. The number of carbonyl (C=O) groups is 4. The van der Waals surface area contributed by atoms with Crippen LogP contribution in [0.15, 0.2) is 48.5 Å². The van der Waals surface area contributed by atoms with Crippen LogP contribution in [0, 0.1) is 40.7 Å². The van der Waals surface area contributed by atoms with E-state index in [2.05, 4.69) is 31.9 Å². The highest BCUT2D eigenvalue weighted by Gasteiger charge is 2.67. The molecule has 3 aliphatic rings. The fraction of sp³-hybridized carbons (Fsp3) is 0.360. The summed E-state index contributed by atoms with van der Waals surface area (Å²) >= 11 is 7.26. The van der Waals surface area contributed by atoms with E-state index in [9.17, 15) is 29.3 Å². The first-order valence-corrected chi connectivity index (χ1v) is 13.3. The Balaban J connectivity index is 1.55. The van der Waals surface area contributed by atoms with Crippen molar-refractivity contribution in [3.8, 4) is 0 Å². The molecule has 9 nitrogen and oxygen atoms in total. The molecule has 0 spiro atoms. The van der Waals surface area contributed by atoms with Gasteiger partial charge in [0.1, 0.15) is 12.1 Å². The molecule has 2 aliphatic carbocycles. The third-order valence-electron chi connectivity index (χ3n) is 7.44. The van der Waals surface area contributed by atoms with Gasteiger partial charge in [-0.1, -0.05) is 73.8 Å². The number of ketones is 1. The first-order valence-electron chi connectivity index (χ1n) is 11.4. The minimum Gasteiger partial charge on any atom is -0.292 e. The van der Waals surface area contributed by atoms with Crippen LogP contribution in [0.3, 0.4) is 0 Å². The van der Waals surface area contributed by atoms with E-state index in [1.165, 1.54) is 24.3 Å². The average Bonchev–Trinajstić information content (AvgIpc) is 3.47. The van der Waals surface area contributed by atoms with Gasteiger partial charge in [0.2, 0.25) is 0 Å². The van der Waals surface area contributed by atoms with E-state index in [1.54, 1.807) is 24.3 Å². The van der Waals surface area contributed by atoms with Gasteiger partial charge in [-0.2, -0.15) is 5.01 Å². The standard InChI is InChI=1S/C25H21Br2N3O6/c1-12-6-8-13(9-7-12)18(31)11-28(23(32)14-4-2-3-5-17(14)30(35)36)29-24(33)19-15-10-16(20(19)25(29)34)22(27)21(15)26/h2-9,15-16,19-22H,10-11H2,1H3/t15-,16-,19-,20-,21-,22+/m1/s1. The number of hydrogen-bond acceptors (Lipinski definition) is 6. The summed E-state index contributed by atoms with van der Waals surface area (Å²) in [6.45, 7) is 1.25. The Hall–Kier alpha value is -2.92. The van der Waals surface area contributed by atoms with Crippen LogP contribution in [0.4, 0.5) is 5.69 Å². The summed E-state index contributed by atoms with van der Waals surface area (Å²) in [5.41, 5.74) is 0.440. The third-order valence-corrected chi connectivity index (χ3v) is 10.6. The molecule has 3 fully saturated rings. The van der Waals surface area contributed by atoms with Gasteiger partial charge >= 0.3 is 0 Å². The lowest BCUT2D eigenvalue weighted by Gasteiger charge is -2.30. The number of para-hydroxylation sites is 1. The SMILES string of the molecule is Cc1ccc(C(=O)CN(C(=O)c2ccccc2[N+](=O)[O-])N2C(=O)[C@@H]3[C@H]4C[C@@H]([C@@H](Br)[C@H]4Br)[C@H]3C2=O)cc1. The molecule has 5 rings (SSSR count). The number of Topliss-reactive ketones (excluding diaryl/α,β-unsaturated/α-hetero) is 1. The summed E-state index contributed by atoms with van der Waals surface area (Å²) in [6, 6.07) is 12.0. The van der Waals surface area contributed by atoms with E-state index in [1.807, 2.05) is 6.92 Å². The lowest BCUT2D eigenvalue weighted by molar-refractivity contribution is -0.385. The summed E-state index contributed by atoms with van der Waals surface area (Å²) in [7, 11) is 0. The summed E-state index contributed by atoms with van der Waals surface area (Å²) in [5, 5.41) is 13.2. The van der Waals surface area contributed by atoms with Gasteiger partial charge in [0.05, 0.1) is 16.8 Å². The van der Waals surface area contributed by atoms with Gasteiger partial charge in [0, 0.05) is 21.3 Å². The Labute approximate surface area is 223 Å². The quantitative estimate of drug-likeness (QED) is 0.159. The van der Waals surface area contributed by atoms with Crippen LogP contribution in [0.5, 0.6) is 0 Å². The van der Waals surface area contributed by atoms with E-state index in [0.717, 1.165) is 15.6 Å². The summed E-state index contributed by atoms with van der Waals surface area (Å²) in [6.07, 6.45) is 0.701. The number of hydrogen-bond donors (Lipinski definition) is 0. The molecule has 1 saturated heterocycles. The van der Waals surface area contributed by atoms with Gasteiger partial charge < -0.3 is 0 Å². The molecule has 0 aromatic heterocycles. The van der Waals surface area contributed by atoms with Crippen molar-refractivity contribution >= 4 is 61.1 Å². The second-order valence-electron chi connectivity index (χ2n) is 9.42. The number of nitro groups is 1. The number of alkyl halides is 2. The Morgan fingerprint density at radius 3 is 2.11 bits per heavy atom. The number of imide groups is 1. The lowest BCUT2D eigenvalue weighted by atomic mass is 9.81. The maximum Gasteiger partial charge on any atom is 0.282 e. The molecule has 11 heteroatoms. The average molecular weight is 619 g/mol. The molecule has 1 aliphatic heterocycles. The van der Waals surface area contributed by atoms with Crippen LogP contribution in [-0.2, 0) is 9.59 Å². The predicted octanol–water partition coefficient (Wildman–Crippen LogP) is 3.92. The molecule has 186 valence electrons. The number of nitrogens with zero attached hydrogens (tertiary/aromatic N) is 3. The van der Waals surface area contributed by atoms with Crippen LogP contribution in [0.25, 0.3) is 0 Å². The highest BCUT2D eigenvalue weighted by molar-refractivity contribution is 9.12. The van der Waals surface area contributed by atoms with Crippen molar-refractivity contribution < 1.29 is 24.1 Å². The minimum atomic E-state index is -0.956. The summed E-state index contributed by atoms with van der Waals surface area (Å²) < 4.78 is 0. The molecule has 2 bridgehead atoms. The minimum absolute atomic E-state index is 0.00555. The van der Waals surface area contributed by atoms with Gasteiger partial charge in [0.15, 0.2) is 5.78 Å². The summed E-state index contributed by atoms with van der Waals surface area (Å²) in [4.78, 5) is 65.0. The molecule has 3 amide bonds. The molecule has 0 N–H and O–H groups in total. The van der Waals surface area contributed by atoms with E-state index in [0.29, 0.717) is 12.0 Å². The third kappa shape index (κ3) is 3.80. The van der Waals surface area contributed by atoms with Crippen molar-refractivity contribution in [3.63, 3.8) is 0 Å². The monoisotopic (exact) mass is 617 g/mol. The molecule has 6 atom stereocenters. The van der Waals surface area contributed by atoms with Crippen LogP contribution in [0.1, 0.15) is 32.7 Å². The number of halogens is 2. The van der Waals surface area contributed by atoms with Gasteiger partial charge in [-0.3, -0.25) is 29.3 Å². The number of carbonyl (C=O) groups excluding carboxylic acids is 4. The number of nitro benzene ring substituents is 1. The highest BCUT2D eigenvalue weighted by Crippen LogP contribution is 2.60. The van der Waals surface area contributed by atoms with Crippen LogP contribution in [0.2, 0.25) is 0 Å². The predicted molar refractivity (Wildman–Crippen MR) is 136 cm³/mol. The van der Waals surface area contributed by atoms with Crippen molar-refractivity contribution in [1.82, 2.24) is 10.0 Å². The highest BCUT2D eigenvalue weighted by atomic mass is 79.9. The van der Waals surface area contributed by atoms with Crippen molar-refractivity contribution in [2.45, 2.75) is 23.0 Å². The number of rotatable bonds is 6. The Morgan fingerprint density at radius 1 is 1.00 bits per heavy atom. The Bertz CT molecular complexity index is 1270. The second kappa shape index (κ2) is 9.19. The lowest BCUT2D eigenvalue weighted by Crippen LogP contribution is -2.52. The van der Waals surface area contributed by atoms with Crippen molar-refractivity contribution in [2.24, 2.45) is 23.7 Å². The zero-order chi connectivity index (χ0) is 25.9. The van der Waals surface area contributed by atoms with Gasteiger partial charge in [-0.25, -0.2) is 5.01 Å². The van der Waals surface area contributed by atoms with E-state index < -0.39 is 52.5 Å². The molecule has 0 radical (unpaired) electrons. The largest absolute Gasteiger partial charge is 0.292 e. The fourth-order valence-electron chi connectivity index (χ4n) is 5.72. The molecule has 2 saturated carbocycles. The fourth-order valence-corrected chi connectivity index (χ4v) is 7.60. The van der Waals surface area contributed by atoms with Crippen molar-refractivity contribution in [1.29, 1.82) is 0 Å².